The molecule has 1 amide bonds. The number of carbonyl (C=O) groups is 1. The van der Waals surface area contributed by atoms with Crippen LogP contribution in [-0.2, 0) is 11.3 Å². The Hall–Kier alpha value is -1.52. The number of hydrogen-bond donors (Lipinski definition) is 2. The number of anilines is 1. The molecule has 0 spiro atoms. The van der Waals surface area contributed by atoms with Gasteiger partial charge in [-0.1, -0.05) is 39.0 Å². The maximum atomic E-state index is 11.2. The van der Waals surface area contributed by atoms with E-state index in [0.29, 0.717) is 6.04 Å². The Bertz CT molecular complexity index is 389. The SMILES string of the molecule is CCCCCCCC(C)Nc1cnn(CC(=O)NC)c1. The maximum absolute atomic E-state index is 11.2. The fourth-order valence-corrected chi connectivity index (χ4v) is 2.16. The van der Waals surface area contributed by atoms with Crippen molar-refractivity contribution in [2.24, 2.45) is 0 Å². The molecule has 114 valence electrons. The Balaban J connectivity index is 2.24. The lowest BCUT2D eigenvalue weighted by Crippen LogP contribution is -2.23. The highest BCUT2D eigenvalue weighted by Crippen LogP contribution is 2.12. The van der Waals surface area contributed by atoms with Gasteiger partial charge in [0.05, 0.1) is 11.9 Å². The van der Waals surface area contributed by atoms with E-state index in [1.54, 1.807) is 17.9 Å². The number of rotatable bonds is 10. The molecule has 0 radical (unpaired) electrons. The van der Waals surface area contributed by atoms with Crippen LogP contribution in [0.4, 0.5) is 5.69 Å². The first-order valence-corrected chi connectivity index (χ1v) is 7.65. The Morgan fingerprint density at radius 1 is 1.35 bits per heavy atom. The third kappa shape index (κ3) is 6.59. The summed E-state index contributed by atoms with van der Waals surface area (Å²) in [5.74, 6) is -0.0383. The summed E-state index contributed by atoms with van der Waals surface area (Å²) >= 11 is 0. The van der Waals surface area contributed by atoms with E-state index < -0.39 is 0 Å². The van der Waals surface area contributed by atoms with Crippen LogP contribution < -0.4 is 10.6 Å². The molecule has 0 saturated carbocycles. The molecular formula is C15H28N4O. The highest BCUT2D eigenvalue weighted by Gasteiger charge is 2.06. The van der Waals surface area contributed by atoms with Gasteiger partial charge in [0.25, 0.3) is 0 Å². The van der Waals surface area contributed by atoms with Gasteiger partial charge in [-0.05, 0) is 13.3 Å². The number of nitrogens with one attached hydrogen (secondary N) is 2. The van der Waals surface area contributed by atoms with Crippen molar-refractivity contribution < 1.29 is 4.79 Å². The van der Waals surface area contributed by atoms with Gasteiger partial charge < -0.3 is 10.6 Å². The van der Waals surface area contributed by atoms with Crippen LogP contribution in [0.1, 0.15) is 52.4 Å². The molecule has 1 aromatic heterocycles. The van der Waals surface area contributed by atoms with Crippen LogP contribution in [-0.4, -0.2) is 28.8 Å². The number of carbonyl (C=O) groups excluding carboxylic acids is 1. The summed E-state index contributed by atoms with van der Waals surface area (Å²) in [5.41, 5.74) is 0.981. The standard InChI is InChI=1S/C15H28N4O/c1-4-5-6-7-8-9-13(2)18-14-10-17-19(11-14)12-15(20)16-3/h10-11,13,18H,4-9,12H2,1-3H3,(H,16,20). The Morgan fingerprint density at radius 3 is 2.80 bits per heavy atom. The van der Waals surface area contributed by atoms with Crippen molar-refractivity contribution in [1.29, 1.82) is 0 Å². The van der Waals surface area contributed by atoms with Crippen LogP contribution in [0, 0.1) is 0 Å². The van der Waals surface area contributed by atoms with Crippen LogP contribution in [0.3, 0.4) is 0 Å². The summed E-state index contributed by atoms with van der Waals surface area (Å²) in [4.78, 5) is 11.2. The first-order chi connectivity index (χ1) is 9.65. The molecule has 1 aromatic rings. The van der Waals surface area contributed by atoms with Crippen molar-refractivity contribution in [1.82, 2.24) is 15.1 Å². The average Bonchev–Trinajstić information content (AvgIpc) is 2.85. The molecule has 1 atom stereocenters. The van der Waals surface area contributed by atoms with Crippen molar-refractivity contribution in [2.45, 2.75) is 65.0 Å². The van der Waals surface area contributed by atoms with Crippen molar-refractivity contribution >= 4 is 11.6 Å². The summed E-state index contributed by atoms with van der Waals surface area (Å²) in [7, 11) is 1.63. The van der Waals surface area contributed by atoms with E-state index in [-0.39, 0.29) is 12.5 Å². The number of nitrogens with zero attached hydrogens (tertiary/aromatic N) is 2. The quantitative estimate of drug-likeness (QED) is 0.648. The molecule has 0 aromatic carbocycles. The monoisotopic (exact) mass is 280 g/mol. The predicted molar refractivity (Wildman–Crippen MR) is 82.8 cm³/mol. The van der Waals surface area contributed by atoms with Crippen molar-refractivity contribution in [2.75, 3.05) is 12.4 Å². The van der Waals surface area contributed by atoms with Gasteiger partial charge in [0, 0.05) is 19.3 Å². The number of likely N-dealkylation sites (N-methyl/N-ethyl adjacent to an activating group) is 1. The van der Waals surface area contributed by atoms with Gasteiger partial charge in [0.2, 0.25) is 5.91 Å². The average molecular weight is 280 g/mol. The number of unbranched alkanes of at least 4 members (excludes halogenated alkanes) is 4. The second kappa shape index (κ2) is 9.39. The lowest BCUT2D eigenvalue weighted by atomic mass is 10.1. The third-order valence-corrected chi connectivity index (χ3v) is 3.37. The van der Waals surface area contributed by atoms with E-state index in [1.165, 1.54) is 38.5 Å². The number of amides is 1. The molecule has 1 rings (SSSR count). The van der Waals surface area contributed by atoms with Crippen LogP contribution in [0.2, 0.25) is 0 Å². The molecule has 5 heteroatoms. The first-order valence-electron chi connectivity index (χ1n) is 7.65. The number of aromatic nitrogens is 2. The Morgan fingerprint density at radius 2 is 2.10 bits per heavy atom. The Labute approximate surface area is 122 Å². The second-order valence-electron chi connectivity index (χ2n) is 5.35. The molecule has 0 fully saturated rings. The molecule has 2 N–H and O–H groups in total. The fourth-order valence-electron chi connectivity index (χ4n) is 2.16. The van der Waals surface area contributed by atoms with E-state index >= 15 is 0 Å². The minimum absolute atomic E-state index is 0.0383. The van der Waals surface area contributed by atoms with E-state index in [1.807, 2.05) is 6.20 Å². The zero-order valence-electron chi connectivity index (χ0n) is 13.0. The third-order valence-electron chi connectivity index (χ3n) is 3.37. The highest BCUT2D eigenvalue weighted by atomic mass is 16.1. The molecule has 0 bridgehead atoms. The lowest BCUT2D eigenvalue weighted by molar-refractivity contribution is -0.121. The van der Waals surface area contributed by atoms with E-state index in [2.05, 4.69) is 29.6 Å². The molecule has 1 heterocycles. The van der Waals surface area contributed by atoms with Crippen LogP contribution in [0.15, 0.2) is 12.4 Å². The van der Waals surface area contributed by atoms with Crippen molar-refractivity contribution in [3.05, 3.63) is 12.4 Å². The van der Waals surface area contributed by atoms with Gasteiger partial charge in [0.15, 0.2) is 0 Å². The molecular weight excluding hydrogens is 252 g/mol. The zero-order chi connectivity index (χ0) is 14.8. The lowest BCUT2D eigenvalue weighted by Gasteiger charge is -2.13. The van der Waals surface area contributed by atoms with Crippen molar-refractivity contribution in [3.63, 3.8) is 0 Å². The topological polar surface area (TPSA) is 59.0 Å². The molecule has 0 saturated heterocycles. The largest absolute Gasteiger partial charge is 0.380 e. The summed E-state index contributed by atoms with van der Waals surface area (Å²) in [6, 6.07) is 0.439. The fraction of sp³-hybridized carbons (Fsp3) is 0.733. The van der Waals surface area contributed by atoms with Gasteiger partial charge in [-0.25, -0.2) is 0 Å². The summed E-state index contributed by atoms with van der Waals surface area (Å²) in [6.45, 7) is 4.69. The maximum Gasteiger partial charge on any atom is 0.241 e. The molecule has 5 nitrogen and oxygen atoms in total. The molecule has 20 heavy (non-hydrogen) atoms. The summed E-state index contributed by atoms with van der Waals surface area (Å²) in [6.07, 6.45) is 11.4. The number of hydrogen-bond acceptors (Lipinski definition) is 3. The Kier molecular flexibility index (Phi) is 7.77. The van der Waals surface area contributed by atoms with E-state index in [4.69, 9.17) is 0 Å². The van der Waals surface area contributed by atoms with Crippen molar-refractivity contribution in [3.8, 4) is 0 Å². The van der Waals surface area contributed by atoms with E-state index in [9.17, 15) is 4.79 Å². The second-order valence-corrected chi connectivity index (χ2v) is 5.35. The van der Waals surface area contributed by atoms with Crippen LogP contribution in [0.25, 0.3) is 0 Å². The smallest absolute Gasteiger partial charge is 0.241 e. The first kappa shape index (κ1) is 16.5. The van der Waals surface area contributed by atoms with Crippen LogP contribution >= 0.6 is 0 Å². The summed E-state index contributed by atoms with van der Waals surface area (Å²) in [5, 5.41) is 10.2. The molecule has 0 aliphatic rings. The zero-order valence-corrected chi connectivity index (χ0v) is 13.0. The highest BCUT2D eigenvalue weighted by molar-refractivity contribution is 5.75. The molecule has 0 aliphatic heterocycles. The van der Waals surface area contributed by atoms with Gasteiger partial charge in [-0.15, -0.1) is 0 Å². The van der Waals surface area contributed by atoms with Crippen LogP contribution in [0.5, 0.6) is 0 Å². The van der Waals surface area contributed by atoms with Gasteiger partial charge in [0.1, 0.15) is 6.54 Å². The van der Waals surface area contributed by atoms with Gasteiger partial charge >= 0.3 is 0 Å². The summed E-state index contributed by atoms with van der Waals surface area (Å²) < 4.78 is 1.65. The normalized spacial score (nSPS) is 12.2. The predicted octanol–water partition coefficient (Wildman–Crippen LogP) is 2.79. The van der Waals surface area contributed by atoms with E-state index in [0.717, 1.165) is 5.69 Å². The van der Waals surface area contributed by atoms with Gasteiger partial charge in [-0.2, -0.15) is 5.10 Å². The molecule has 0 aliphatic carbocycles. The minimum Gasteiger partial charge on any atom is -0.380 e. The minimum atomic E-state index is -0.0383. The van der Waals surface area contributed by atoms with Gasteiger partial charge in [-0.3, -0.25) is 9.48 Å². The molecule has 1 unspecified atom stereocenters.